The number of pyridine rings is 1. The minimum Gasteiger partial charge on any atom is -0.390 e. The van der Waals surface area contributed by atoms with Crippen LogP contribution < -0.4 is 10.6 Å². The summed E-state index contributed by atoms with van der Waals surface area (Å²) in [5.41, 5.74) is 2.27. The van der Waals surface area contributed by atoms with Gasteiger partial charge < -0.3 is 15.7 Å². The lowest BCUT2D eigenvalue weighted by atomic mass is 10.0. The van der Waals surface area contributed by atoms with Gasteiger partial charge in [-0.2, -0.15) is 18.3 Å². The summed E-state index contributed by atoms with van der Waals surface area (Å²) in [7, 11) is 0. The lowest BCUT2D eigenvalue weighted by Gasteiger charge is -2.11. The molecule has 10 heteroatoms. The summed E-state index contributed by atoms with van der Waals surface area (Å²) in [6, 6.07) is 12.4. The number of aromatic nitrogens is 3. The van der Waals surface area contributed by atoms with Gasteiger partial charge in [0.05, 0.1) is 23.3 Å². The number of H-pyrrole nitrogens is 1. The van der Waals surface area contributed by atoms with Crippen molar-refractivity contribution in [3.8, 4) is 11.1 Å². The molecule has 7 nitrogen and oxygen atoms in total. The van der Waals surface area contributed by atoms with Crippen molar-refractivity contribution in [3.63, 3.8) is 0 Å². The quantitative estimate of drug-likeness (QED) is 0.376. The number of aromatic amines is 1. The zero-order valence-corrected chi connectivity index (χ0v) is 15.9. The maximum absolute atomic E-state index is 12.8. The van der Waals surface area contributed by atoms with Crippen molar-refractivity contribution in [2.24, 2.45) is 0 Å². The number of fused-ring (bicyclic) bond motifs is 1. The third-order valence-electron chi connectivity index (χ3n) is 4.59. The van der Waals surface area contributed by atoms with Crippen LogP contribution in [0.25, 0.3) is 22.2 Å². The smallest absolute Gasteiger partial charge is 0.390 e. The molecule has 2 aromatic carbocycles. The van der Waals surface area contributed by atoms with Crippen LogP contribution in [0.15, 0.2) is 60.8 Å². The molecule has 0 unspecified atom stereocenters. The Morgan fingerprint density at radius 1 is 1.03 bits per heavy atom. The first kappa shape index (κ1) is 20.4. The van der Waals surface area contributed by atoms with E-state index in [0.29, 0.717) is 22.4 Å². The Kier molecular flexibility index (Phi) is 5.30. The van der Waals surface area contributed by atoms with E-state index >= 15 is 0 Å². The molecule has 4 rings (SSSR count). The summed E-state index contributed by atoms with van der Waals surface area (Å²) in [5.74, 6) is 0. The second-order valence-electron chi connectivity index (χ2n) is 6.65. The van der Waals surface area contributed by atoms with E-state index in [1.165, 1.54) is 12.1 Å². The van der Waals surface area contributed by atoms with E-state index in [4.69, 9.17) is 0 Å². The topological polar surface area (TPSA) is 103 Å². The molecule has 0 saturated heterocycles. The summed E-state index contributed by atoms with van der Waals surface area (Å²) in [6.45, 7) is -0.218. The van der Waals surface area contributed by atoms with Gasteiger partial charge in [-0.1, -0.05) is 18.2 Å². The zero-order valence-electron chi connectivity index (χ0n) is 15.9. The molecule has 4 N–H and O–H groups in total. The van der Waals surface area contributed by atoms with Crippen molar-refractivity contribution < 1.29 is 23.1 Å². The minimum atomic E-state index is -4.49. The van der Waals surface area contributed by atoms with Gasteiger partial charge >= 0.3 is 12.2 Å². The average molecular weight is 427 g/mol. The zero-order chi connectivity index (χ0) is 22.0. The molecule has 0 saturated carbocycles. The number of amides is 2. The number of aliphatic hydroxyl groups excluding tert-OH is 1. The summed E-state index contributed by atoms with van der Waals surface area (Å²) < 4.78 is 38.4. The maximum Gasteiger partial charge on any atom is 0.416 e. The number of alkyl halides is 3. The van der Waals surface area contributed by atoms with Crippen molar-refractivity contribution >= 4 is 28.4 Å². The van der Waals surface area contributed by atoms with E-state index in [9.17, 15) is 23.1 Å². The fraction of sp³-hybridized carbons (Fsp3) is 0.0952. The molecule has 2 amide bonds. The fourth-order valence-electron chi connectivity index (χ4n) is 3.16. The summed E-state index contributed by atoms with van der Waals surface area (Å²) in [4.78, 5) is 16.3. The van der Waals surface area contributed by atoms with Crippen LogP contribution >= 0.6 is 0 Å². The summed E-state index contributed by atoms with van der Waals surface area (Å²) in [6.07, 6.45) is -2.89. The van der Waals surface area contributed by atoms with Gasteiger partial charge in [0, 0.05) is 17.6 Å². The highest BCUT2D eigenvalue weighted by atomic mass is 19.4. The van der Waals surface area contributed by atoms with E-state index in [0.717, 1.165) is 23.3 Å². The van der Waals surface area contributed by atoms with Gasteiger partial charge in [0.2, 0.25) is 0 Å². The van der Waals surface area contributed by atoms with E-state index in [1.54, 1.807) is 36.5 Å². The second-order valence-corrected chi connectivity index (χ2v) is 6.65. The first-order valence-corrected chi connectivity index (χ1v) is 9.13. The van der Waals surface area contributed by atoms with Crippen LogP contribution in [-0.2, 0) is 12.8 Å². The Labute approximate surface area is 173 Å². The number of carbonyl (C=O) groups is 1. The number of benzene rings is 2. The van der Waals surface area contributed by atoms with Gasteiger partial charge in [-0.15, -0.1) is 0 Å². The third kappa shape index (κ3) is 4.33. The molecule has 0 aliphatic heterocycles. The summed E-state index contributed by atoms with van der Waals surface area (Å²) in [5, 5.41) is 22.0. The number of aliphatic hydroxyl groups is 1. The lowest BCUT2D eigenvalue weighted by Crippen LogP contribution is -2.19. The van der Waals surface area contributed by atoms with Gasteiger partial charge in [0.25, 0.3) is 0 Å². The first-order chi connectivity index (χ1) is 14.8. The molecular weight excluding hydrogens is 411 g/mol. The summed E-state index contributed by atoms with van der Waals surface area (Å²) >= 11 is 0. The molecule has 2 heterocycles. The van der Waals surface area contributed by atoms with Crippen LogP contribution in [0.5, 0.6) is 0 Å². The largest absolute Gasteiger partial charge is 0.416 e. The molecule has 31 heavy (non-hydrogen) atoms. The molecule has 0 fully saturated rings. The van der Waals surface area contributed by atoms with E-state index in [-0.39, 0.29) is 12.3 Å². The Morgan fingerprint density at radius 3 is 2.48 bits per heavy atom. The normalized spacial score (nSPS) is 11.5. The number of rotatable bonds is 4. The number of halogens is 3. The van der Waals surface area contributed by atoms with E-state index in [2.05, 4.69) is 25.8 Å². The molecule has 0 atom stereocenters. The molecule has 0 aliphatic rings. The standard InChI is InChI=1S/C21H16F3N5O2/c22-21(23,24)13-2-1-3-15(10-13)27-20(31)26-14-6-4-12(5-7-14)16-8-9-25-19-18(16)17(11-30)28-29-19/h1-10,30H,11H2,(H,25,28,29)(H2,26,27,31). The predicted octanol–water partition coefficient (Wildman–Crippen LogP) is 4.78. The number of urea groups is 1. The van der Waals surface area contributed by atoms with Gasteiger partial charge in [-0.05, 0) is 47.5 Å². The molecular formula is C21H16F3N5O2. The highest BCUT2D eigenvalue weighted by Crippen LogP contribution is 2.31. The van der Waals surface area contributed by atoms with E-state index in [1.807, 2.05) is 0 Å². The van der Waals surface area contributed by atoms with Crippen LogP contribution in [0.2, 0.25) is 0 Å². The number of carbonyl (C=O) groups excluding carboxylic acids is 1. The van der Waals surface area contributed by atoms with Crippen molar-refractivity contribution in [3.05, 3.63) is 72.1 Å². The van der Waals surface area contributed by atoms with Crippen molar-refractivity contribution in [1.82, 2.24) is 15.2 Å². The maximum atomic E-state index is 12.8. The molecule has 0 bridgehead atoms. The molecule has 0 spiro atoms. The van der Waals surface area contributed by atoms with E-state index < -0.39 is 17.8 Å². The Morgan fingerprint density at radius 2 is 1.77 bits per heavy atom. The predicted molar refractivity (Wildman–Crippen MR) is 109 cm³/mol. The van der Waals surface area contributed by atoms with Crippen LogP contribution in [0, 0.1) is 0 Å². The molecule has 0 radical (unpaired) electrons. The fourth-order valence-corrected chi connectivity index (χ4v) is 3.16. The Balaban J connectivity index is 1.50. The molecule has 0 aliphatic carbocycles. The second kappa shape index (κ2) is 8.07. The Bertz CT molecular complexity index is 1240. The van der Waals surface area contributed by atoms with Crippen molar-refractivity contribution in [2.75, 3.05) is 10.6 Å². The van der Waals surface area contributed by atoms with Crippen molar-refractivity contribution in [1.29, 1.82) is 0 Å². The number of anilines is 2. The number of nitrogens with zero attached hydrogens (tertiary/aromatic N) is 2. The molecule has 2 aromatic heterocycles. The van der Waals surface area contributed by atoms with Crippen LogP contribution in [0.3, 0.4) is 0 Å². The van der Waals surface area contributed by atoms with Crippen LogP contribution in [0.4, 0.5) is 29.3 Å². The van der Waals surface area contributed by atoms with Gasteiger partial charge in [-0.25, -0.2) is 9.78 Å². The van der Waals surface area contributed by atoms with Gasteiger partial charge in [0.1, 0.15) is 0 Å². The average Bonchev–Trinajstić information content (AvgIpc) is 3.17. The number of nitrogens with one attached hydrogen (secondary N) is 3. The Hall–Kier alpha value is -3.92. The lowest BCUT2D eigenvalue weighted by molar-refractivity contribution is -0.137. The minimum absolute atomic E-state index is 0.0274. The monoisotopic (exact) mass is 427 g/mol. The SMILES string of the molecule is O=C(Nc1ccc(-c2ccnc3n[nH]c(CO)c23)cc1)Nc1cccc(C(F)(F)F)c1. The third-order valence-corrected chi connectivity index (χ3v) is 4.59. The highest BCUT2D eigenvalue weighted by Gasteiger charge is 2.30. The van der Waals surface area contributed by atoms with Crippen LogP contribution in [-0.4, -0.2) is 26.3 Å². The van der Waals surface area contributed by atoms with Crippen molar-refractivity contribution in [2.45, 2.75) is 12.8 Å². The van der Waals surface area contributed by atoms with Gasteiger partial charge in [0.15, 0.2) is 5.65 Å². The number of hydrogen-bond donors (Lipinski definition) is 4. The van der Waals surface area contributed by atoms with Crippen LogP contribution in [0.1, 0.15) is 11.3 Å². The highest BCUT2D eigenvalue weighted by molar-refractivity contribution is 6.00. The molecule has 4 aromatic rings. The van der Waals surface area contributed by atoms with Gasteiger partial charge in [-0.3, -0.25) is 5.10 Å². The first-order valence-electron chi connectivity index (χ1n) is 9.13. The molecule has 158 valence electrons. The number of hydrogen-bond acceptors (Lipinski definition) is 4.